The summed E-state index contributed by atoms with van der Waals surface area (Å²) in [5.41, 5.74) is 1.27. The average Bonchev–Trinajstić information content (AvgIpc) is 2.79. The molecule has 1 N–H and O–H groups in total. The number of aromatic nitrogens is 2. The molecule has 0 fully saturated rings. The molecule has 1 aromatic heterocycles. The number of nitrogens with zero attached hydrogens (tertiary/aromatic N) is 3. The van der Waals surface area contributed by atoms with Crippen LogP contribution in [0.15, 0.2) is 59.4 Å². The van der Waals surface area contributed by atoms with Gasteiger partial charge >= 0.3 is 6.09 Å². The third kappa shape index (κ3) is 6.43. The molecular weight excluding hydrogens is 436 g/mol. The minimum Gasteiger partial charge on any atom is -0.465 e. The van der Waals surface area contributed by atoms with E-state index in [0.717, 1.165) is 17.0 Å². The van der Waals surface area contributed by atoms with Crippen LogP contribution >= 0.6 is 0 Å². The Labute approximate surface area is 188 Å². The zero-order valence-corrected chi connectivity index (χ0v) is 17.9. The Morgan fingerprint density at radius 3 is 2.61 bits per heavy atom. The van der Waals surface area contributed by atoms with E-state index in [0.29, 0.717) is 35.7 Å². The second-order valence-electron chi connectivity index (χ2n) is 7.05. The predicted octanol–water partition coefficient (Wildman–Crippen LogP) is 3.38. The van der Waals surface area contributed by atoms with Crippen molar-refractivity contribution in [2.75, 3.05) is 38.4 Å². The van der Waals surface area contributed by atoms with Gasteiger partial charge in [-0.2, -0.15) is 5.10 Å². The number of carboxylic acid groups (broad SMARTS) is 1. The van der Waals surface area contributed by atoms with Gasteiger partial charge < -0.3 is 14.6 Å². The number of ether oxygens (including phenoxy) is 2. The monoisotopic (exact) mass is 459 g/mol. The summed E-state index contributed by atoms with van der Waals surface area (Å²) >= 11 is 0. The van der Waals surface area contributed by atoms with Gasteiger partial charge in [0, 0.05) is 24.4 Å². The van der Waals surface area contributed by atoms with Crippen LogP contribution in [-0.4, -0.2) is 54.5 Å². The number of benzene rings is 2. The summed E-state index contributed by atoms with van der Waals surface area (Å²) in [5.74, 6) is -1.99. The minimum atomic E-state index is -1.14. The molecule has 0 saturated carbocycles. The molecule has 8 nitrogen and oxygen atoms in total. The van der Waals surface area contributed by atoms with Gasteiger partial charge in [-0.05, 0) is 42.0 Å². The number of anilines is 1. The van der Waals surface area contributed by atoms with E-state index in [9.17, 15) is 23.5 Å². The molecule has 0 unspecified atom stereocenters. The van der Waals surface area contributed by atoms with E-state index >= 15 is 0 Å². The van der Waals surface area contributed by atoms with Gasteiger partial charge in [0.2, 0.25) is 0 Å². The van der Waals surface area contributed by atoms with Gasteiger partial charge in [-0.3, -0.25) is 9.69 Å². The van der Waals surface area contributed by atoms with Crippen molar-refractivity contribution in [3.05, 3.63) is 82.1 Å². The molecule has 10 heteroatoms. The largest absolute Gasteiger partial charge is 0.465 e. The van der Waals surface area contributed by atoms with Crippen molar-refractivity contribution < 1.29 is 28.2 Å². The summed E-state index contributed by atoms with van der Waals surface area (Å²) in [6.45, 7) is 1.13. The number of halogens is 2. The Morgan fingerprint density at radius 2 is 1.88 bits per heavy atom. The molecule has 0 aliphatic carbocycles. The topological polar surface area (TPSA) is 93.9 Å². The van der Waals surface area contributed by atoms with Gasteiger partial charge in [0.25, 0.3) is 5.56 Å². The van der Waals surface area contributed by atoms with Gasteiger partial charge in [-0.15, -0.1) is 0 Å². The molecule has 0 bridgehead atoms. The second kappa shape index (κ2) is 11.3. The van der Waals surface area contributed by atoms with Gasteiger partial charge in [0.1, 0.15) is 0 Å². The lowest BCUT2D eigenvalue weighted by molar-refractivity contribution is 0.0738. The maximum absolute atomic E-state index is 13.6. The maximum atomic E-state index is 13.6. The molecule has 1 amide bonds. The number of hydrogen-bond acceptors (Lipinski definition) is 5. The van der Waals surface area contributed by atoms with Crippen molar-refractivity contribution >= 4 is 11.8 Å². The van der Waals surface area contributed by atoms with Crippen LogP contribution in [0, 0.1) is 11.6 Å². The lowest BCUT2D eigenvalue weighted by Gasteiger charge is -2.20. The van der Waals surface area contributed by atoms with Gasteiger partial charge in [0.15, 0.2) is 11.6 Å². The van der Waals surface area contributed by atoms with E-state index in [2.05, 4.69) is 5.10 Å². The normalized spacial score (nSPS) is 10.9. The number of carbonyl (C=O) groups is 1. The summed E-state index contributed by atoms with van der Waals surface area (Å²) < 4.78 is 38.2. The third-order valence-electron chi connectivity index (χ3n) is 4.76. The summed E-state index contributed by atoms with van der Waals surface area (Å²) in [5, 5.41) is 13.8. The highest BCUT2D eigenvalue weighted by atomic mass is 19.2. The Hall–Kier alpha value is -3.63. The van der Waals surface area contributed by atoms with Gasteiger partial charge in [-0.1, -0.05) is 12.1 Å². The first-order valence-corrected chi connectivity index (χ1v) is 10.1. The van der Waals surface area contributed by atoms with E-state index in [1.165, 1.54) is 22.9 Å². The first-order chi connectivity index (χ1) is 15.9. The van der Waals surface area contributed by atoms with Crippen LogP contribution < -0.4 is 10.5 Å². The lowest BCUT2D eigenvalue weighted by Crippen LogP contribution is -2.33. The van der Waals surface area contributed by atoms with E-state index in [4.69, 9.17) is 9.47 Å². The second-order valence-corrected chi connectivity index (χ2v) is 7.05. The van der Waals surface area contributed by atoms with Crippen molar-refractivity contribution in [3.63, 3.8) is 0 Å². The fourth-order valence-electron chi connectivity index (χ4n) is 3.10. The molecule has 3 rings (SSSR count). The zero-order valence-electron chi connectivity index (χ0n) is 17.9. The van der Waals surface area contributed by atoms with Crippen LogP contribution in [0.4, 0.5) is 19.3 Å². The fraction of sp³-hybridized carbons (Fsp3) is 0.261. The standard InChI is InChI=1S/C23H23F2N3O5/c1-32-11-12-33-10-9-27(23(30)31)18-4-2-3-16(13-18)15-28-22(29)8-7-21(26-28)17-5-6-19(24)20(25)14-17/h2-8,13-14H,9-12,15H2,1H3,(H,30,31). The number of rotatable bonds is 10. The maximum Gasteiger partial charge on any atom is 0.411 e. The highest BCUT2D eigenvalue weighted by Crippen LogP contribution is 2.20. The van der Waals surface area contributed by atoms with Crippen molar-refractivity contribution in [3.8, 4) is 11.3 Å². The molecule has 0 atom stereocenters. The Bertz CT molecular complexity index is 1170. The first-order valence-electron chi connectivity index (χ1n) is 10.1. The number of methoxy groups -OCH3 is 1. The van der Waals surface area contributed by atoms with Crippen LogP contribution in [0.3, 0.4) is 0 Å². The molecule has 0 radical (unpaired) electrons. The predicted molar refractivity (Wildman–Crippen MR) is 117 cm³/mol. The van der Waals surface area contributed by atoms with E-state index in [1.54, 1.807) is 31.4 Å². The van der Waals surface area contributed by atoms with Crippen LogP contribution in [0.5, 0.6) is 0 Å². The smallest absolute Gasteiger partial charge is 0.411 e. The SMILES string of the molecule is COCCOCCN(C(=O)O)c1cccc(Cn2nc(-c3ccc(F)c(F)c3)ccc2=O)c1. The lowest BCUT2D eigenvalue weighted by atomic mass is 10.1. The van der Waals surface area contributed by atoms with Crippen LogP contribution in [0.1, 0.15) is 5.56 Å². The Balaban J connectivity index is 1.79. The molecule has 1 heterocycles. The zero-order chi connectivity index (χ0) is 23.8. The molecule has 2 aromatic carbocycles. The quantitative estimate of drug-likeness (QED) is 0.467. The van der Waals surface area contributed by atoms with E-state index in [1.807, 2.05) is 0 Å². The number of amides is 1. The molecular formula is C23H23F2N3O5. The third-order valence-corrected chi connectivity index (χ3v) is 4.76. The first kappa shape index (κ1) is 24.0. The molecule has 174 valence electrons. The Kier molecular flexibility index (Phi) is 8.22. The van der Waals surface area contributed by atoms with Crippen molar-refractivity contribution in [2.24, 2.45) is 0 Å². The molecule has 33 heavy (non-hydrogen) atoms. The Morgan fingerprint density at radius 1 is 1.06 bits per heavy atom. The fourth-order valence-corrected chi connectivity index (χ4v) is 3.10. The molecule has 0 saturated heterocycles. The summed E-state index contributed by atoms with van der Waals surface area (Å²) in [6.07, 6.45) is -1.14. The molecule has 3 aromatic rings. The van der Waals surface area contributed by atoms with Crippen molar-refractivity contribution in [1.82, 2.24) is 9.78 Å². The van der Waals surface area contributed by atoms with Gasteiger partial charge in [-0.25, -0.2) is 18.3 Å². The van der Waals surface area contributed by atoms with Crippen molar-refractivity contribution in [1.29, 1.82) is 0 Å². The average molecular weight is 459 g/mol. The van der Waals surface area contributed by atoms with E-state index in [-0.39, 0.29) is 19.7 Å². The van der Waals surface area contributed by atoms with E-state index < -0.39 is 23.3 Å². The summed E-state index contributed by atoms with van der Waals surface area (Å²) in [7, 11) is 1.55. The van der Waals surface area contributed by atoms with Crippen LogP contribution in [0.2, 0.25) is 0 Å². The summed E-state index contributed by atoms with van der Waals surface area (Å²) in [6, 6.07) is 12.8. The highest BCUT2D eigenvalue weighted by molar-refractivity contribution is 5.86. The highest BCUT2D eigenvalue weighted by Gasteiger charge is 2.15. The van der Waals surface area contributed by atoms with Crippen LogP contribution in [0.25, 0.3) is 11.3 Å². The molecule has 0 aliphatic heterocycles. The van der Waals surface area contributed by atoms with Crippen molar-refractivity contribution in [2.45, 2.75) is 6.54 Å². The minimum absolute atomic E-state index is 0.0575. The summed E-state index contributed by atoms with van der Waals surface area (Å²) in [4.78, 5) is 25.2. The van der Waals surface area contributed by atoms with Gasteiger partial charge in [0.05, 0.1) is 38.6 Å². The molecule has 0 spiro atoms. The van der Waals surface area contributed by atoms with Crippen LogP contribution in [-0.2, 0) is 16.0 Å². The molecule has 0 aliphatic rings. The number of hydrogen-bond donors (Lipinski definition) is 1.